The zero-order chi connectivity index (χ0) is 11.6. The summed E-state index contributed by atoms with van der Waals surface area (Å²) in [5.41, 5.74) is 0.149. The summed E-state index contributed by atoms with van der Waals surface area (Å²) in [5, 5.41) is 10.6. The van der Waals surface area contributed by atoms with E-state index in [-0.39, 0.29) is 5.92 Å². The molecular formula is C14H18O2. The van der Waals surface area contributed by atoms with Crippen molar-refractivity contribution in [2.75, 3.05) is 0 Å². The van der Waals surface area contributed by atoms with Crippen molar-refractivity contribution in [3.8, 4) is 0 Å². The number of carbonyl (C=O) groups is 1. The molecule has 1 aromatic rings. The van der Waals surface area contributed by atoms with Crippen LogP contribution in [0.2, 0.25) is 0 Å². The Morgan fingerprint density at radius 1 is 1.19 bits per heavy atom. The Morgan fingerprint density at radius 3 is 2.31 bits per heavy atom. The van der Waals surface area contributed by atoms with E-state index < -0.39 is 5.60 Å². The fourth-order valence-electron chi connectivity index (χ4n) is 2.51. The van der Waals surface area contributed by atoms with E-state index in [9.17, 15) is 9.90 Å². The number of benzene rings is 1. The summed E-state index contributed by atoms with van der Waals surface area (Å²) in [6.45, 7) is 1.86. The van der Waals surface area contributed by atoms with Crippen LogP contribution < -0.4 is 0 Å². The molecule has 1 N–H and O–H groups in total. The largest absolute Gasteiger partial charge is 0.385 e. The molecule has 0 aliphatic heterocycles. The maximum Gasteiger partial charge on any atom is 0.132 e. The van der Waals surface area contributed by atoms with E-state index in [0.717, 1.165) is 18.4 Å². The molecule has 1 unspecified atom stereocenters. The number of hydrogen-bond acceptors (Lipinski definition) is 2. The van der Waals surface area contributed by atoms with Gasteiger partial charge in [0, 0.05) is 12.8 Å². The maximum atomic E-state index is 11.2. The van der Waals surface area contributed by atoms with Gasteiger partial charge in [-0.15, -0.1) is 0 Å². The summed E-state index contributed by atoms with van der Waals surface area (Å²) in [4.78, 5) is 11.2. The van der Waals surface area contributed by atoms with Crippen LogP contribution in [0.3, 0.4) is 0 Å². The van der Waals surface area contributed by atoms with Gasteiger partial charge in [0.15, 0.2) is 0 Å². The first-order valence-corrected chi connectivity index (χ1v) is 5.90. The molecule has 86 valence electrons. The van der Waals surface area contributed by atoms with E-state index >= 15 is 0 Å². The Hall–Kier alpha value is -1.15. The molecule has 2 nitrogen and oxygen atoms in total. The lowest BCUT2D eigenvalue weighted by Gasteiger charge is -2.35. The highest BCUT2D eigenvalue weighted by molar-refractivity contribution is 5.79. The van der Waals surface area contributed by atoms with Gasteiger partial charge in [-0.3, -0.25) is 4.79 Å². The van der Waals surface area contributed by atoms with Gasteiger partial charge in [-0.1, -0.05) is 30.3 Å². The molecule has 1 aromatic carbocycles. The third kappa shape index (κ3) is 2.17. The Bertz CT molecular complexity index is 358. The van der Waals surface area contributed by atoms with Gasteiger partial charge >= 0.3 is 0 Å². The van der Waals surface area contributed by atoms with Crippen molar-refractivity contribution in [3.63, 3.8) is 0 Å². The highest BCUT2D eigenvalue weighted by Gasteiger charge is 2.35. The van der Waals surface area contributed by atoms with Crippen LogP contribution in [0.1, 0.15) is 38.2 Å². The zero-order valence-electron chi connectivity index (χ0n) is 9.65. The van der Waals surface area contributed by atoms with Gasteiger partial charge in [0.2, 0.25) is 0 Å². The van der Waals surface area contributed by atoms with Crippen molar-refractivity contribution in [2.24, 2.45) is 5.92 Å². The summed E-state index contributed by atoms with van der Waals surface area (Å²) < 4.78 is 0. The van der Waals surface area contributed by atoms with Crippen LogP contribution in [-0.4, -0.2) is 10.9 Å². The van der Waals surface area contributed by atoms with Crippen molar-refractivity contribution in [1.29, 1.82) is 0 Å². The summed E-state index contributed by atoms with van der Waals surface area (Å²) in [7, 11) is 0. The monoisotopic (exact) mass is 218 g/mol. The predicted molar refractivity (Wildman–Crippen MR) is 63.0 cm³/mol. The average molecular weight is 218 g/mol. The normalized spacial score (nSPS) is 21.8. The van der Waals surface area contributed by atoms with Crippen LogP contribution in [0.5, 0.6) is 0 Å². The Kier molecular flexibility index (Phi) is 3.10. The average Bonchev–Trinajstić information content (AvgIpc) is 2.31. The minimum Gasteiger partial charge on any atom is -0.385 e. The second kappa shape index (κ2) is 4.38. The second-order valence-electron chi connectivity index (χ2n) is 4.83. The Morgan fingerprint density at radius 2 is 1.75 bits per heavy atom. The smallest absolute Gasteiger partial charge is 0.132 e. The Labute approximate surface area is 96.3 Å². The topological polar surface area (TPSA) is 37.3 Å². The number of aliphatic hydroxyl groups is 1. The van der Waals surface area contributed by atoms with Crippen LogP contribution in [-0.2, 0) is 10.4 Å². The lowest BCUT2D eigenvalue weighted by molar-refractivity contribution is -0.123. The predicted octanol–water partition coefficient (Wildman–Crippen LogP) is 2.65. The minimum atomic E-state index is -0.804. The molecular weight excluding hydrogens is 200 g/mol. The highest BCUT2D eigenvalue weighted by atomic mass is 16.3. The second-order valence-corrected chi connectivity index (χ2v) is 4.83. The molecule has 0 bridgehead atoms. The van der Waals surface area contributed by atoms with E-state index in [2.05, 4.69) is 0 Å². The fourth-order valence-corrected chi connectivity index (χ4v) is 2.51. The standard InChI is InChI=1S/C14H18O2/c1-14(16,11-5-3-2-4-6-11)12-7-9-13(15)10-8-12/h2-6,12,16H,7-10H2,1H3. The van der Waals surface area contributed by atoms with Crippen molar-refractivity contribution in [1.82, 2.24) is 0 Å². The van der Waals surface area contributed by atoms with Gasteiger partial charge in [-0.25, -0.2) is 0 Å². The molecule has 1 fully saturated rings. The molecule has 0 radical (unpaired) electrons. The molecule has 0 saturated heterocycles. The van der Waals surface area contributed by atoms with E-state index in [1.165, 1.54) is 0 Å². The van der Waals surface area contributed by atoms with Crippen LogP contribution >= 0.6 is 0 Å². The van der Waals surface area contributed by atoms with Gasteiger partial charge in [0.25, 0.3) is 0 Å². The third-order valence-corrected chi connectivity index (χ3v) is 3.70. The number of ketones is 1. The zero-order valence-corrected chi connectivity index (χ0v) is 9.65. The SMILES string of the molecule is CC(O)(c1ccccc1)C1CCC(=O)CC1. The molecule has 1 atom stereocenters. The van der Waals surface area contributed by atoms with Crippen LogP contribution in [0, 0.1) is 5.92 Å². The van der Waals surface area contributed by atoms with E-state index in [0.29, 0.717) is 18.6 Å². The summed E-state index contributed by atoms with van der Waals surface area (Å²) >= 11 is 0. The molecule has 0 spiro atoms. The Balaban J connectivity index is 2.16. The lowest BCUT2D eigenvalue weighted by atomic mass is 9.74. The molecule has 1 aliphatic carbocycles. The quantitative estimate of drug-likeness (QED) is 0.828. The number of Topliss-reactive ketones (excluding diaryl/α,β-unsaturated/α-hetero) is 1. The molecule has 16 heavy (non-hydrogen) atoms. The molecule has 1 aliphatic rings. The number of rotatable bonds is 2. The first-order chi connectivity index (χ1) is 7.60. The van der Waals surface area contributed by atoms with E-state index in [1.54, 1.807) is 0 Å². The fraction of sp³-hybridized carbons (Fsp3) is 0.500. The molecule has 0 aromatic heterocycles. The van der Waals surface area contributed by atoms with Crippen molar-refractivity contribution >= 4 is 5.78 Å². The first kappa shape index (κ1) is 11.3. The van der Waals surface area contributed by atoms with E-state index in [1.807, 2.05) is 37.3 Å². The number of carbonyl (C=O) groups excluding carboxylic acids is 1. The van der Waals surface area contributed by atoms with Crippen molar-refractivity contribution in [3.05, 3.63) is 35.9 Å². The lowest BCUT2D eigenvalue weighted by Crippen LogP contribution is -2.34. The van der Waals surface area contributed by atoms with Crippen molar-refractivity contribution < 1.29 is 9.90 Å². The van der Waals surface area contributed by atoms with Gasteiger partial charge in [0.05, 0.1) is 5.60 Å². The third-order valence-electron chi connectivity index (χ3n) is 3.70. The highest BCUT2D eigenvalue weighted by Crippen LogP contribution is 2.37. The van der Waals surface area contributed by atoms with Gasteiger partial charge in [-0.05, 0) is 31.2 Å². The molecule has 2 rings (SSSR count). The number of hydrogen-bond donors (Lipinski definition) is 1. The van der Waals surface area contributed by atoms with Crippen LogP contribution in [0.25, 0.3) is 0 Å². The first-order valence-electron chi connectivity index (χ1n) is 5.90. The molecule has 2 heteroatoms. The van der Waals surface area contributed by atoms with Gasteiger partial charge in [-0.2, -0.15) is 0 Å². The summed E-state index contributed by atoms with van der Waals surface area (Å²) in [6.07, 6.45) is 2.85. The minimum absolute atomic E-state index is 0.201. The molecule has 0 heterocycles. The van der Waals surface area contributed by atoms with Crippen LogP contribution in [0.15, 0.2) is 30.3 Å². The molecule has 1 saturated carbocycles. The maximum absolute atomic E-state index is 11.2. The van der Waals surface area contributed by atoms with Gasteiger partial charge in [0.1, 0.15) is 5.78 Å². The summed E-state index contributed by atoms with van der Waals surface area (Å²) in [5.74, 6) is 0.535. The summed E-state index contributed by atoms with van der Waals surface area (Å²) in [6, 6.07) is 9.74. The molecule has 0 amide bonds. The van der Waals surface area contributed by atoms with Crippen LogP contribution in [0.4, 0.5) is 0 Å². The van der Waals surface area contributed by atoms with E-state index in [4.69, 9.17) is 0 Å². The van der Waals surface area contributed by atoms with Crippen molar-refractivity contribution in [2.45, 2.75) is 38.2 Å². The van der Waals surface area contributed by atoms with Gasteiger partial charge < -0.3 is 5.11 Å².